The van der Waals surface area contributed by atoms with Gasteiger partial charge in [-0.25, -0.2) is 0 Å². The van der Waals surface area contributed by atoms with Crippen LogP contribution in [0.1, 0.15) is 61.1 Å². The molecular weight excluding hydrogens is 384 g/mol. The van der Waals surface area contributed by atoms with Gasteiger partial charge in [0.25, 0.3) is 0 Å². The number of benzene rings is 2. The summed E-state index contributed by atoms with van der Waals surface area (Å²) in [6, 6.07) is 17.4. The predicted octanol–water partition coefficient (Wildman–Crippen LogP) is 4.63. The number of ether oxygens (including phenoxy) is 1. The smallest absolute Gasteiger partial charge is 0.220 e. The largest absolute Gasteiger partial charge is 0.497 e. The van der Waals surface area contributed by atoms with Crippen molar-refractivity contribution < 1.29 is 9.53 Å². The molecule has 1 atom stereocenters. The van der Waals surface area contributed by atoms with Crippen molar-refractivity contribution in [3.05, 3.63) is 65.2 Å². The molecule has 1 unspecified atom stereocenters. The highest BCUT2D eigenvalue weighted by molar-refractivity contribution is 5.77. The summed E-state index contributed by atoms with van der Waals surface area (Å²) in [4.78, 5) is 15.2. The van der Waals surface area contributed by atoms with Crippen LogP contribution >= 0.6 is 0 Å². The molecule has 3 aliphatic rings. The van der Waals surface area contributed by atoms with Crippen molar-refractivity contribution in [3.8, 4) is 5.75 Å². The molecule has 2 aliphatic carbocycles. The van der Waals surface area contributed by atoms with Crippen LogP contribution in [0.25, 0.3) is 0 Å². The van der Waals surface area contributed by atoms with Crippen molar-refractivity contribution >= 4 is 5.91 Å². The Kier molecular flexibility index (Phi) is 5.75. The minimum Gasteiger partial charge on any atom is -0.497 e. The van der Waals surface area contributed by atoms with Crippen LogP contribution < -0.4 is 10.1 Å². The van der Waals surface area contributed by atoms with E-state index in [-0.39, 0.29) is 11.3 Å². The zero-order valence-electron chi connectivity index (χ0n) is 18.6. The maximum atomic E-state index is 12.6. The lowest BCUT2D eigenvalue weighted by Crippen LogP contribution is -2.41. The first-order valence-corrected chi connectivity index (χ1v) is 11.9. The van der Waals surface area contributed by atoms with Gasteiger partial charge in [0.15, 0.2) is 0 Å². The van der Waals surface area contributed by atoms with Gasteiger partial charge in [-0.2, -0.15) is 0 Å². The summed E-state index contributed by atoms with van der Waals surface area (Å²) in [7, 11) is 1.71. The fourth-order valence-electron chi connectivity index (χ4n) is 5.69. The number of carbonyl (C=O) groups is 1. The SMILES string of the molecule is COc1ccc(CN2CCC3(CC2)CC(CC(=O)NCC2CC2)c2ccccc23)cc1. The molecule has 2 aromatic rings. The molecule has 164 valence electrons. The summed E-state index contributed by atoms with van der Waals surface area (Å²) in [5.74, 6) is 2.25. The Morgan fingerprint density at radius 1 is 1.10 bits per heavy atom. The van der Waals surface area contributed by atoms with Crippen molar-refractivity contribution in [2.75, 3.05) is 26.7 Å². The molecule has 1 saturated heterocycles. The molecule has 2 aromatic carbocycles. The fraction of sp³-hybridized carbons (Fsp3) is 0.519. The zero-order valence-corrected chi connectivity index (χ0v) is 18.6. The Balaban J connectivity index is 1.22. The highest BCUT2D eigenvalue weighted by Gasteiger charge is 2.45. The summed E-state index contributed by atoms with van der Waals surface area (Å²) < 4.78 is 5.28. The first kappa shape index (κ1) is 20.6. The second kappa shape index (κ2) is 8.66. The van der Waals surface area contributed by atoms with E-state index >= 15 is 0 Å². The highest BCUT2D eigenvalue weighted by Crippen LogP contribution is 2.52. The fourth-order valence-corrected chi connectivity index (χ4v) is 5.69. The van der Waals surface area contributed by atoms with Gasteiger partial charge >= 0.3 is 0 Å². The molecular formula is C27H34N2O2. The van der Waals surface area contributed by atoms with Crippen LogP contribution in [0.15, 0.2) is 48.5 Å². The molecule has 0 bridgehead atoms. The monoisotopic (exact) mass is 418 g/mol. The van der Waals surface area contributed by atoms with Crippen molar-refractivity contribution in [2.24, 2.45) is 5.92 Å². The van der Waals surface area contributed by atoms with Gasteiger partial charge < -0.3 is 10.1 Å². The number of piperidine rings is 1. The van der Waals surface area contributed by atoms with Crippen LogP contribution in [0, 0.1) is 5.92 Å². The quantitative estimate of drug-likeness (QED) is 0.713. The summed E-state index contributed by atoms with van der Waals surface area (Å²) in [5.41, 5.74) is 4.52. The molecule has 5 rings (SSSR count). The van der Waals surface area contributed by atoms with Crippen molar-refractivity contribution in [2.45, 2.75) is 56.4 Å². The minimum absolute atomic E-state index is 0.237. The van der Waals surface area contributed by atoms with Crippen LogP contribution in [0.4, 0.5) is 0 Å². The van der Waals surface area contributed by atoms with E-state index in [0.717, 1.165) is 44.3 Å². The maximum Gasteiger partial charge on any atom is 0.220 e. The summed E-state index contributed by atoms with van der Waals surface area (Å²) in [5, 5.41) is 3.18. The molecule has 4 heteroatoms. The molecule has 1 aliphatic heterocycles. The van der Waals surface area contributed by atoms with Crippen molar-refractivity contribution in [1.82, 2.24) is 10.2 Å². The Bertz CT molecular complexity index is 911. The molecule has 1 heterocycles. The van der Waals surface area contributed by atoms with Gasteiger partial charge in [-0.3, -0.25) is 9.69 Å². The summed E-state index contributed by atoms with van der Waals surface area (Å²) in [6.07, 6.45) is 6.69. The lowest BCUT2D eigenvalue weighted by molar-refractivity contribution is -0.121. The second-order valence-corrected chi connectivity index (χ2v) is 9.84. The normalized spacial score (nSPS) is 22.3. The van der Waals surface area contributed by atoms with Gasteiger partial charge in [-0.15, -0.1) is 0 Å². The van der Waals surface area contributed by atoms with Gasteiger partial charge in [0.1, 0.15) is 5.75 Å². The Morgan fingerprint density at radius 3 is 2.55 bits per heavy atom. The number of carbonyl (C=O) groups excluding carboxylic acids is 1. The van der Waals surface area contributed by atoms with E-state index in [2.05, 4.69) is 46.6 Å². The molecule has 2 fully saturated rings. The Morgan fingerprint density at radius 2 is 1.84 bits per heavy atom. The summed E-state index contributed by atoms with van der Waals surface area (Å²) in [6.45, 7) is 4.09. The van der Waals surface area contributed by atoms with Crippen molar-refractivity contribution in [1.29, 1.82) is 0 Å². The molecule has 1 amide bonds. The number of methoxy groups -OCH3 is 1. The predicted molar refractivity (Wildman–Crippen MR) is 123 cm³/mol. The number of likely N-dealkylation sites (tertiary alicyclic amines) is 1. The van der Waals surface area contributed by atoms with E-state index in [9.17, 15) is 4.79 Å². The zero-order chi connectivity index (χ0) is 21.3. The van der Waals surface area contributed by atoms with Gasteiger partial charge in [0, 0.05) is 19.5 Å². The van der Waals surface area contributed by atoms with Crippen LogP contribution in [0.5, 0.6) is 5.75 Å². The third-order valence-corrected chi connectivity index (χ3v) is 7.70. The third-order valence-electron chi connectivity index (χ3n) is 7.70. The number of rotatable bonds is 7. The second-order valence-electron chi connectivity index (χ2n) is 9.84. The molecule has 31 heavy (non-hydrogen) atoms. The van der Waals surface area contributed by atoms with E-state index in [1.165, 1.54) is 42.4 Å². The van der Waals surface area contributed by atoms with Crippen LogP contribution in [-0.4, -0.2) is 37.6 Å². The van der Waals surface area contributed by atoms with Gasteiger partial charge in [0.05, 0.1) is 7.11 Å². The average Bonchev–Trinajstić information content (AvgIpc) is 3.59. The number of nitrogens with zero attached hydrogens (tertiary/aromatic N) is 1. The van der Waals surface area contributed by atoms with E-state index in [0.29, 0.717) is 12.3 Å². The molecule has 4 nitrogen and oxygen atoms in total. The number of hydrogen-bond acceptors (Lipinski definition) is 3. The lowest BCUT2D eigenvalue weighted by Gasteiger charge is -2.40. The molecule has 1 N–H and O–H groups in total. The number of amides is 1. The van der Waals surface area contributed by atoms with Gasteiger partial charge in [-0.05, 0) is 91.3 Å². The van der Waals surface area contributed by atoms with Crippen LogP contribution in [0.2, 0.25) is 0 Å². The lowest BCUT2D eigenvalue weighted by atomic mass is 9.73. The Hall–Kier alpha value is -2.33. The molecule has 1 spiro atoms. The minimum atomic E-state index is 0.237. The third kappa shape index (κ3) is 4.50. The molecule has 0 aromatic heterocycles. The molecule has 0 radical (unpaired) electrons. The summed E-state index contributed by atoms with van der Waals surface area (Å²) >= 11 is 0. The topological polar surface area (TPSA) is 41.6 Å². The number of nitrogens with one attached hydrogen (secondary N) is 1. The molecule has 1 saturated carbocycles. The average molecular weight is 419 g/mol. The van der Waals surface area contributed by atoms with Crippen molar-refractivity contribution in [3.63, 3.8) is 0 Å². The van der Waals surface area contributed by atoms with Crippen LogP contribution in [0.3, 0.4) is 0 Å². The first-order valence-electron chi connectivity index (χ1n) is 11.9. The Labute approximate surface area is 186 Å². The highest BCUT2D eigenvalue weighted by atomic mass is 16.5. The maximum absolute atomic E-state index is 12.6. The first-order chi connectivity index (χ1) is 15.1. The van der Waals surface area contributed by atoms with E-state index in [1.807, 2.05) is 12.1 Å². The van der Waals surface area contributed by atoms with Gasteiger partial charge in [0.2, 0.25) is 5.91 Å². The van der Waals surface area contributed by atoms with E-state index in [4.69, 9.17) is 4.74 Å². The number of fused-ring (bicyclic) bond motifs is 2. The standard InChI is InChI=1S/C27H34N2O2/c1-31-23-10-8-21(9-11-23)19-29-14-12-27(13-15-29)17-22(24-4-2-3-5-25(24)27)16-26(30)28-18-20-6-7-20/h2-5,8-11,20,22H,6-7,12-19H2,1H3,(H,28,30). The van der Waals surface area contributed by atoms with Crippen LogP contribution in [-0.2, 0) is 16.8 Å². The van der Waals surface area contributed by atoms with E-state index in [1.54, 1.807) is 7.11 Å². The van der Waals surface area contributed by atoms with Gasteiger partial charge in [-0.1, -0.05) is 36.4 Å². The van der Waals surface area contributed by atoms with E-state index < -0.39 is 0 Å². The number of hydrogen-bond donors (Lipinski definition) is 1.